The van der Waals surface area contributed by atoms with Gasteiger partial charge in [-0.1, -0.05) is 19.1 Å². The van der Waals surface area contributed by atoms with Gasteiger partial charge in [0.15, 0.2) is 0 Å². The normalized spacial score (nSPS) is 12.3. The van der Waals surface area contributed by atoms with E-state index in [0.29, 0.717) is 0 Å². The lowest BCUT2D eigenvalue weighted by atomic mass is 10.1. The molecule has 1 heterocycles. The molecule has 0 saturated heterocycles. The third kappa shape index (κ3) is 3.20. The molecule has 0 bridgehead atoms. The summed E-state index contributed by atoms with van der Waals surface area (Å²) in [5, 5.41) is 3.34. The Morgan fingerprint density at radius 2 is 2.20 bits per heavy atom. The smallest absolute Gasteiger partial charge is 0.130 e. The fourth-order valence-electron chi connectivity index (χ4n) is 2.30. The van der Waals surface area contributed by atoms with Gasteiger partial charge < -0.3 is 14.6 Å². The van der Waals surface area contributed by atoms with Crippen molar-refractivity contribution >= 4 is 0 Å². The maximum atomic E-state index is 5.71. The zero-order valence-corrected chi connectivity index (χ0v) is 12.5. The number of benzene rings is 1. The van der Waals surface area contributed by atoms with Crippen LogP contribution in [0.3, 0.4) is 0 Å². The first kappa shape index (κ1) is 14.6. The molecule has 0 radical (unpaired) electrons. The topological polar surface area (TPSA) is 39.1 Å². The molecule has 108 valence electrons. The van der Waals surface area contributed by atoms with Crippen LogP contribution in [0.15, 0.2) is 36.7 Å². The van der Waals surface area contributed by atoms with E-state index in [9.17, 15) is 0 Å². The highest BCUT2D eigenvalue weighted by molar-refractivity contribution is 5.33. The predicted molar refractivity (Wildman–Crippen MR) is 81.0 cm³/mol. The van der Waals surface area contributed by atoms with E-state index >= 15 is 0 Å². The quantitative estimate of drug-likeness (QED) is 0.843. The van der Waals surface area contributed by atoms with Gasteiger partial charge in [-0.15, -0.1) is 0 Å². The second-order valence-electron chi connectivity index (χ2n) is 4.71. The van der Waals surface area contributed by atoms with E-state index in [2.05, 4.69) is 40.8 Å². The molecule has 1 N–H and O–H groups in total. The summed E-state index contributed by atoms with van der Waals surface area (Å²) < 4.78 is 7.86. The molecule has 4 nitrogen and oxygen atoms in total. The van der Waals surface area contributed by atoms with Gasteiger partial charge in [0.05, 0.1) is 12.6 Å². The lowest BCUT2D eigenvalue weighted by Crippen LogP contribution is -2.21. The number of aromatic nitrogens is 2. The van der Waals surface area contributed by atoms with Crippen LogP contribution in [-0.4, -0.2) is 23.2 Å². The van der Waals surface area contributed by atoms with E-state index in [1.165, 1.54) is 5.56 Å². The van der Waals surface area contributed by atoms with Crippen LogP contribution in [0.2, 0.25) is 0 Å². The lowest BCUT2D eigenvalue weighted by Gasteiger charge is -2.18. The van der Waals surface area contributed by atoms with Gasteiger partial charge >= 0.3 is 0 Å². The number of hydrogen-bond acceptors (Lipinski definition) is 3. The maximum Gasteiger partial charge on any atom is 0.130 e. The number of nitrogens with one attached hydrogen (secondary N) is 1. The van der Waals surface area contributed by atoms with Gasteiger partial charge in [-0.3, -0.25) is 0 Å². The summed E-state index contributed by atoms with van der Waals surface area (Å²) in [5.74, 6) is 1.95. The van der Waals surface area contributed by atoms with Crippen LogP contribution >= 0.6 is 0 Å². The van der Waals surface area contributed by atoms with Crippen molar-refractivity contribution in [3.05, 3.63) is 48.0 Å². The van der Waals surface area contributed by atoms with Crippen LogP contribution in [0.5, 0.6) is 5.75 Å². The zero-order chi connectivity index (χ0) is 14.4. The van der Waals surface area contributed by atoms with Crippen LogP contribution in [0.1, 0.15) is 37.7 Å². The number of aryl methyl sites for hydroxylation is 1. The van der Waals surface area contributed by atoms with Crippen molar-refractivity contribution < 1.29 is 4.74 Å². The van der Waals surface area contributed by atoms with E-state index in [4.69, 9.17) is 4.74 Å². The predicted octanol–water partition coefficient (Wildman–Crippen LogP) is 3.00. The molecule has 2 aromatic rings. The van der Waals surface area contributed by atoms with Crippen molar-refractivity contribution in [3.63, 3.8) is 0 Å². The number of rotatable bonds is 7. The Balaban J connectivity index is 2.27. The largest absolute Gasteiger partial charge is 0.494 e. The molecule has 0 spiro atoms. The summed E-state index contributed by atoms with van der Waals surface area (Å²) in [5.41, 5.74) is 1.17. The molecule has 1 aromatic carbocycles. The molecule has 4 heteroatoms. The Hall–Kier alpha value is -1.81. The monoisotopic (exact) mass is 273 g/mol. The highest BCUT2D eigenvalue weighted by atomic mass is 16.5. The second kappa shape index (κ2) is 7.10. The minimum Gasteiger partial charge on any atom is -0.494 e. The van der Waals surface area contributed by atoms with Gasteiger partial charge in [-0.05, 0) is 38.1 Å². The maximum absolute atomic E-state index is 5.71. The molecule has 0 aliphatic rings. The third-order valence-corrected chi connectivity index (χ3v) is 3.30. The molecule has 2 rings (SSSR count). The van der Waals surface area contributed by atoms with E-state index in [1.54, 1.807) is 0 Å². The van der Waals surface area contributed by atoms with Gasteiger partial charge in [-0.2, -0.15) is 0 Å². The van der Waals surface area contributed by atoms with Crippen LogP contribution in [0, 0.1) is 0 Å². The molecular weight excluding hydrogens is 250 g/mol. The molecule has 1 unspecified atom stereocenters. The minimum absolute atomic E-state index is 0.0788. The first-order valence-corrected chi connectivity index (χ1v) is 7.21. The number of imidazole rings is 1. The van der Waals surface area contributed by atoms with Gasteiger partial charge in [0.2, 0.25) is 0 Å². The Morgan fingerprint density at radius 3 is 2.90 bits per heavy atom. The fraction of sp³-hybridized carbons (Fsp3) is 0.438. The van der Waals surface area contributed by atoms with Crippen LogP contribution in [-0.2, 0) is 6.54 Å². The highest BCUT2D eigenvalue weighted by Crippen LogP contribution is 2.24. The summed E-state index contributed by atoms with van der Waals surface area (Å²) in [7, 11) is 1.96. The van der Waals surface area contributed by atoms with Crippen molar-refractivity contribution in [2.24, 2.45) is 0 Å². The molecule has 0 amide bonds. The third-order valence-electron chi connectivity index (χ3n) is 3.30. The Labute approximate surface area is 120 Å². The van der Waals surface area contributed by atoms with Gasteiger partial charge in [0.25, 0.3) is 0 Å². The Morgan fingerprint density at radius 1 is 1.35 bits per heavy atom. The number of nitrogens with zero attached hydrogens (tertiary/aromatic N) is 2. The summed E-state index contributed by atoms with van der Waals surface area (Å²) in [6.07, 6.45) is 4.87. The average molecular weight is 273 g/mol. The Kier molecular flexibility index (Phi) is 5.18. The summed E-state index contributed by atoms with van der Waals surface area (Å²) in [6, 6.07) is 8.30. The molecule has 1 atom stereocenters. The number of hydrogen-bond donors (Lipinski definition) is 1. The van der Waals surface area contributed by atoms with E-state index < -0.39 is 0 Å². The zero-order valence-electron chi connectivity index (χ0n) is 12.5. The van der Waals surface area contributed by atoms with Crippen LogP contribution < -0.4 is 10.1 Å². The first-order chi connectivity index (χ1) is 9.80. The van der Waals surface area contributed by atoms with Crippen LogP contribution in [0.25, 0.3) is 0 Å². The van der Waals surface area contributed by atoms with Gasteiger partial charge in [0.1, 0.15) is 11.6 Å². The molecule has 0 saturated carbocycles. The average Bonchev–Trinajstić information content (AvgIpc) is 2.95. The van der Waals surface area contributed by atoms with Crippen LogP contribution in [0.4, 0.5) is 0 Å². The van der Waals surface area contributed by atoms with Crippen molar-refractivity contribution in [2.75, 3.05) is 13.7 Å². The van der Waals surface area contributed by atoms with Crippen molar-refractivity contribution in [1.29, 1.82) is 0 Å². The summed E-state index contributed by atoms with van der Waals surface area (Å²) in [4.78, 5) is 4.49. The second-order valence-corrected chi connectivity index (χ2v) is 4.71. The molecule has 0 fully saturated rings. The lowest BCUT2D eigenvalue weighted by molar-refractivity contribution is 0.317. The minimum atomic E-state index is 0.0788. The molecule has 0 aliphatic heterocycles. The SMILES string of the molecule is CCCOc1cccc(C(NC)c2nccn2CC)c1. The first-order valence-electron chi connectivity index (χ1n) is 7.21. The van der Waals surface area contributed by atoms with Crippen molar-refractivity contribution in [2.45, 2.75) is 32.9 Å². The highest BCUT2D eigenvalue weighted by Gasteiger charge is 2.17. The van der Waals surface area contributed by atoms with Crippen molar-refractivity contribution in [1.82, 2.24) is 14.9 Å². The molecule has 20 heavy (non-hydrogen) atoms. The van der Waals surface area contributed by atoms with Crippen molar-refractivity contribution in [3.8, 4) is 5.75 Å². The molecule has 1 aromatic heterocycles. The standard InChI is InChI=1S/C16H23N3O/c1-4-11-20-14-8-6-7-13(12-14)15(17-3)16-18-9-10-19(16)5-2/h6-10,12,15,17H,4-5,11H2,1-3H3. The summed E-state index contributed by atoms with van der Waals surface area (Å²) >= 11 is 0. The summed E-state index contributed by atoms with van der Waals surface area (Å²) in [6.45, 7) is 5.90. The van der Waals surface area contributed by atoms with Gasteiger partial charge in [-0.25, -0.2) is 4.98 Å². The van der Waals surface area contributed by atoms with Gasteiger partial charge in [0, 0.05) is 18.9 Å². The van der Waals surface area contributed by atoms with E-state index in [0.717, 1.165) is 31.1 Å². The van der Waals surface area contributed by atoms with E-state index in [1.807, 2.05) is 31.6 Å². The number of ether oxygens (including phenoxy) is 1. The van der Waals surface area contributed by atoms with E-state index in [-0.39, 0.29) is 6.04 Å². The fourth-order valence-corrected chi connectivity index (χ4v) is 2.30. The Bertz CT molecular complexity index is 536. The molecular formula is C16H23N3O. The molecule has 0 aliphatic carbocycles.